The molecule has 0 aliphatic heterocycles. The minimum Gasteiger partial charge on any atom is -0.378 e. The molecule has 5 N–H and O–H groups in total. The van der Waals surface area contributed by atoms with Crippen LogP contribution in [0.1, 0.15) is 36.6 Å². The van der Waals surface area contributed by atoms with Crippen LogP contribution in [0.2, 0.25) is 0 Å². The third-order valence-electron chi connectivity index (χ3n) is 6.42. The van der Waals surface area contributed by atoms with E-state index in [4.69, 9.17) is 14.9 Å². The first-order chi connectivity index (χ1) is 16.9. The van der Waals surface area contributed by atoms with E-state index >= 15 is 0 Å². The van der Waals surface area contributed by atoms with Crippen LogP contribution in [0, 0.1) is 12.3 Å². The van der Waals surface area contributed by atoms with Crippen LogP contribution in [0.3, 0.4) is 0 Å². The van der Waals surface area contributed by atoms with E-state index in [2.05, 4.69) is 48.6 Å². The van der Waals surface area contributed by atoms with Crippen LogP contribution in [0.25, 0.3) is 33.0 Å². The summed E-state index contributed by atoms with van der Waals surface area (Å²) >= 11 is 0. The number of anilines is 1. The molecule has 3 aromatic carbocycles. The van der Waals surface area contributed by atoms with E-state index in [0.29, 0.717) is 16.7 Å². The number of nitrogens with two attached hydrogens (primary N) is 1. The van der Waals surface area contributed by atoms with Crippen LogP contribution in [0.5, 0.6) is 0 Å². The average molecular weight is 467 g/mol. The summed E-state index contributed by atoms with van der Waals surface area (Å²) < 4.78 is 5.27. The molecule has 0 aliphatic rings. The van der Waals surface area contributed by atoms with Gasteiger partial charge in [-0.1, -0.05) is 17.7 Å². The van der Waals surface area contributed by atoms with Gasteiger partial charge in [0.25, 0.3) is 5.56 Å². The lowest BCUT2D eigenvalue weighted by Crippen LogP contribution is -2.73. The zero-order valence-corrected chi connectivity index (χ0v) is 20.2. The second-order valence-electron chi connectivity index (χ2n) is 8.94. The molecule has 1 atom stereocenters. The zero-order chi connectivity index (χ0) is 24.7. The van der Waals surface area contributed by atoms with E-state index in [1.807, 2.05) is 42.8 Å². The lowest BCUT2D eigenvalue weighted by Gasteiger charge is -2.19. The molecule has 0 saturated carbocycles. The van der Waals surface area contributed by atoms with Crippen molar-refractivity contribution in [1.29, 1.82) is 5.41 Å². The number of hydrogen-bond acceptors (Lipinski definition) is 5. The van der Waals surface area contributed by atoms with Crippen LogP contribution in [0.15, 0.2) is 70.1 Å². The molecule has 0 fully saturated rings. The zero-order valence-electron chi connectivity index (χ0n) is 20.2. The van der Waals surface area contributed by atoms with Gasteiger partial charge in [0.05, 0.1) is 24.0 Å². The number of quaternary nitrogens is 1. The molecular formula is C28H28N5O2+. The number of nitrogens with zero attached hydrogens (tertiary/aromatic N) is 1. The van der Waals surface area contributed by atoms with Gasteiger partial charge >= 0.3 is 0 Å². The quantitative estimate of drug-likeness (QED) is 0.208. The molecule has 2 aromatic heterocycles. The Morgan fingerprint density at radius 2 is 2.00 bits per heavy atom. The van der Waals surface area contributed by atoms with Gasteiger partial charge in [0.15, 0.2) is 5.58 Å². The van der Waals surface area contributed by atoms with Crippen LogP contribution in [-0.2, 0) is 0 Å². The molecule has 7 nitrogen and oxygen atoms in total. The molecule has 0 spiro atoms. The average Bonchev–Trinajstić information content (AvgIpc) is 3.24. The summed E-state index contributed by atoms with van der Waals surface area (Å²) in [7, 11) is 1.98. The first kappa shape index (κ1) is 22.6. The largest absolute Gasteiger partial charge is 0.378 e. The predicted molar refractivity (Wildman–Crippen MR) is 141 cm³/mol. The number of rotatable bonds is 6. The highest BCUT2D eigenvalue weighted by atomic mass is 16.5. The van der Waals surface area contributed by atoms with Gasteiger partial charge in [-0.15, -0.1) is 0 Å². The number of aryl methyl sites for hydroxylation is 1. The van der Waals surface area contributed by atoms with Crippen molar-refractivity contribution in [2.45, 2.75) is 26.8 Å². The summed E-state index contributed by atoms with van der Waals surface area (Å²) in [6.07, 6.45) is 1.91. The van der Waals surface area contributed by atoms with Crippen molar-refractivity contribution >= 4 is 38.8 Å². The minimum absolute atomic E-state index is 0.0796. The Morgan fingerprint density at radius 3 is 2.77 bits per heavy atom. The van der Waals surface area contributed by atoms with Gasteiger partial charge in [-0.2, -0.15) is 5.16 Å². The summed E-state index contributed by atoms with van der Waals surface area (Å²) in [5.74, 6) is 0. The number of nitrogens with one attached hydrogen (secondary N) is 3. The van der Waals surface area contributed by atoms with Crippen LogP contribution >= 0.6 is 0 Å². The van der Waals surface area contributed by atoms with E-state index < -0.39 is 0 Å². The van der Waals surface area contributed by atoms with Crippen LogP contribution in [0.4, 0.5) is 11.4 Å². The summed E-state index contributed by atoms with van der Waals surface area (Å²) in [4.78, 5) is 17.0. The maximum absolute atomic E-state index is 12.3. The van der Waals surface area contributed by atoms with E-state index in [1.165, 1.54) is 0 Å². The number of aromatic amines is 1. The summed E-state index contributed by atoms with van der Waals surface area (Å²) in [5, 5.41) is 18.8. The molecule has 2 heterocycles. The Morgan fingerprint density at radius 1 is 1.17 bits per heavy atom. The molecule has 0 unspecified atom stereocenters. The molecule has 0 radical (unpaired) electrons. The second kappa shape index (κ2) is 8.85. The van der Waals surface area contributed by atoms with Crippen molar-refractivity contribution in [1.82, 2.24) is 10.1 Å². The summed E-state index contributed by atoms with van der Waals surface area (Å²) in [6, 6.07) is 18.0. The molecular weight excluding hydrogens is 438 g/mol. The number of fused-ring (bicyclic) bond motifs is 2. The smallest absolute Gasteiger partial charge is 0.289 e. The number of benzene rings is 3. The fraction of sp³-hybridized carbons (Fsp3) is 0.179. The Kier molecular flexibility index (Phi) is 5.70. The maximum Gasteiger partial charge on any atom is 0.289 e. The van der Waals surface area contributed by atoms with Crippen LogP contribution in [-0.4, -0.2) is 22.9 Å². The molecule has 0 bridgehead atoms. The Bertz CT molecular complexity index is 1650. The predicted octanol–water partition coefficient (Wildman–Crippen LogP) is 5.03. The van der Waals surface area contributed by atoms with Gasteiger partial charge in [-0.25, -0.2) is 0 Å². The lowest BCUT2D eigenvalue weighted by atomic mass is 9.95. The van der Waals surface area contributed by atoms with Gasteiger partial charge in [-0.05, 0) is 68.1 Å². The van der Waals surface area contributed by atoms with Gasteiger partial charge < -0.3 is 20.6 Å². The van der Waals surface area contributed by atoms with Gasteiger partial charge in [0.2, 0.25) is 0 Å². The van der Waals surface area contributed by atoms with Crippen LogP contribution < -0.4 is 16.2 Å². The SMILES string of the molecule is C[NH2+]c1ccc(-c2cc3c([C@@H](C)Nc4cccc5o[nH]c(=O)c45)cc(C)cc3cn2)cc1C(C)=N. The Hall–Kier alpha value is -4.23. The highest BCUT2D eigenvalue weighted by molar-refractivity contribution is 6.01. The maximum atomic E-state index is 12.3. The molecule has 5 aromatic rings. The van der Waals surface area contributed by atoms with E-state index in [-0.39, 0.29) is 11.6 Å². The van der Waals surface area contributed by atoms with Crippen molar-refractivity contribution in [3.63, 3.8) is 0 Å². The standard InChI is InChI=1S/C28H27N5O2/c1-15-10-19-14-31-25(18-8-9-23(30-4)20(12-18)16(2)29)13-22(19)21(11-15)17(3)32-24-6-5-7-26-27(24)28(34)33-35-26/h5-14,17,29-30,32H,1-4H3,(H,33,34)/p+1/t17-/m1/s1. The lowest BCUT2D eigenvalue weighted by molar-refractivity contribution is -0.539. The van der Waals surface area contributed by atoms with E-state index in [0.717, 1.165) is 50.1 Å². The third-order valence-corrected chi connectivity index (χ3v) is 6.42. The molecule has 176 valence electrons. The summed E-state index contributed by atoms with van der Waals surface area (Å²) in [6.45, 7) is 5.97. The van der Waals surface area contributed by atoms with Crippen molar-refractivity contribution in [2.75, 3.05) is 12.4 Å². The highest BCUT2D eigenvalue weighted by Crippen LogP contribution is 2.32. The molecule has 35 heavy (non-hydrogen) atoms. The molecule has 0 saturated heterocycles. The van der Waals surface area contributed by atoms with Crippen molar-refractivity contribution in [3.8, 4) is 11.3 Å². The first-order valence-electron chi connectivity index (χ1n) is 11.6. The van der Waals surface area contributed by atoms with Gasteiger partial charge in [0.1, 0.15) is 11.1 Å². The number of hydrogen-bond donors (Lipinski definition) is 4. The monoisotopic (exact) mass is 466 g/mol. The van der Waals surface area contributed by atoms with Crippen molar-refractivity contribution in [3.05, 3.63) is 87.8 Å². The van der Waals surface area contributed by atoms with E-state index in [1.54, 1.807) is 13.0 Å². The second-order valence-corrected chi connectivity index (χ2v) is 8.94. The van der Waals surface area contributed by atoms with Gasteiger partial charge in [-0.3, -0.25) is 9.78 Å². The third kappa shape index (κ3) is 4.11. The fourth-order valence-corrected chi connectivity index (χ4v) is 4.68. The minimum atomic E-state index is -0.249. The Labute approximate surface area is 202 Å². The molecule has 0 amide bonds. The topological polar surface area (TPSA) is 111 Å². The fourth-order valence-electron chi connectivity index (χ4n) is 4.68. The molecule has 0 aliphatic carbocycles. The van der Waals surface area contributed by atoms with Crippen molar-refractivity contribution < 1.29 is 9.84 Å². The van der Waals surface area contributed by atoms with Gasteiger partial charge in [0, 0.05) is 35.0 Å². The van der Waals surface area contributed by atoms with Crippen molar-refractivity contribution in [2.24, 2.45) is 0 Å². The normalized spacial score (nSPS) is 12.2. The number of pyridine rings is 1. The highest BCUT2D eigenvalue weighted by Gasteiger charge is 2.16. The molecule has 7 heteroatoms. The first-order valence-corrected chi connectivity index (χ1v) is 11.6. The Balaban J connectivity index is 1.60. The molecule has 5 rings (SSSR count). The number of H-pyrrole nitrogens is 1. The van der Waals surface area contributed by atoms with E-state index in [9.17, 15) is 4.79 Å². The number of aromatic nitrogens is 2. The summed E-state index contributed by atoms with van der Waals surface area (Å²) in [5.41, 5.74) is 7.56.